The summed E-state index contributed by atoms with van der Waals surface area (Å²) in [5.74, 6) is 3.11. The largest absolute Gasteiger partial charge is 0.353 e. The Morgan fingerprint density at radius 2 is 1.71 bits per heavy atom. The quantitative estimate of drug-likeness (QED) is 0.331. The lowest BCUT2D eigenvalue weighted by Gasteiger charge is -2.62. The van der Waals surface area contributed by atoms with Crippen LogP contribution in [0, 0.1) is 45.3 Å². The van der Waals surface area contributed by atoms with E-state index in [1.54, 1.807) is 5.57 Å². The van der Waals surface area contributed by atoms with Crippen molar-refractivity contribution in [2.24, 2.45) is 45.3 Å². The van der Waals surface area contributed by atoms with Crippen LogP contribution < -0.4 is 0 Å². The molecule has 0 aromatic rings. The highest BCUT2D eigenvalue weighted by Crippen LogP contribution is 2.72. The summed E-state index contributed by atoms with van der Waals surface area (Å²) >= 11 is 0. The number of allylic oxidation sites excluding steroid dienone is 2. The average Bonchev–Trinajstić information content (AvgIpc) is 3.14. The Kier molecular flexibility index (Phi) is 7.82. The molecule has 0 N–H and O–H groups in total. The summed E-state index contributed by atoms with van der Waals surface area (Å²) in [6, 6.07) is 0. The zero-order chi connectivity index (χ0) is 27.5. The molecule has 3 nitrogen and oxygen atoms in total. The lowest BCUT2D eigenvalue weighted by atomic mass is 9.43. The molecule has 1 saturated heterocycles. The minimum atomic E-state index is -0.0568. The zero-order valence-corrected chi connectivity index (χ0v) is 26.1. The molecule has 38 heavy (non-hydrogen) atoms. The van der Waals surface area contributed by atoms with Crippen molar-refractivity contribution in [1.29, 1.82) is 0 Å². The van der Waals surface area contributed by atoms with Crippen molar-refractivity contribution in [1.82, 2.24) is 0 Å². The maximum atomic E-state index is 14.3. The van der Waals surface area contributed by atoms with Crippen molar-refractivity contribution in [2.45, 2.75) is 151 Å². The highest BCUT2D eigenvalue weighted by molar-refractivity contribution is 5.99. The van der Waals surface area contributed by atoms with Crippen molar-refractivity contribution in [3.8, 4) is 0 Å². The number of carbonyl (C=O) groups is 1. The molecular formula is C35H58O3. The second-order valence-corrected chi connectivity index (χ2v) is 15.9. The van der Waals surface area contributed by atoms with Crippen LogP contribution in [0.5, 0.6) is 0 Å². The van der Waals surface area contributed by atoms with Gasteiger partial charge in [0.25, 0.3) is 0 Å². The first-order valence-electron chi connectivity index (χ1n) is 16.4. The highest BCUT2D eigenvalue weighted by atomic mass is 16.7. The fourth-order valence-corrected chi connectivity index (χ4v) is 10.6. The van der Waals surface area contributed by atoms with Crippen LogP contribution in [-0.2, 0) is 14.3 Å². The summed E-state index contributed by atoms with van der Waals surface area (Å²) in [5.41, 5.74) is 3.23. The summed E-state index contributed by atoms with van der Waals surface area (Å²) in [7, 11) is 0. The molecule has 0 bridgehead atoms. The smallest absolute Gasteiger partial charge is 0.159 e. The van der Waals surface area contributed by atoms with Gasteiger partial charge in [0.05, 0.1) is 6.10 Å². The molecule has 2 saturated carbocycles. The Morgan fingerprint density at radius 1 is 0.947 bits per heavy atom. The summed E-state index contributed by atoms with van der Waals surface area (Å²) in [4.78, 5) is 14.3. The van der Waals surface area contributed by atoms with Gasteiger partial charge in [0.15, 0.2) is 12.1 Å². The molecule has 3 heteroatoms. The Labute approximate surface area is 234 Å². The number of rotatable bonds is 7. The molecule has 0 aromatic carbocycles. The fourth-order valence-electron chi connectivity index (χ4n) is 10.6. The van der Waals surface area contributed by atoms with Crippen LogP contribution in [0.2, 0.25) is 0 Å². The van der Waals surface area contributed by atoms with Gasteiger partial charge in [-0.2, -0.15) is 0 Å². The fraction of sp³-hybridized carbons (Fsp3) is 0.914. The van der Waals surface area contributed by atoms with Crippen LogP contribution in [-0.4, -0.2) is 24.8 Å². The van der Waals surface area contributed by atoms with Crippen LogP contribution in [0.25, 0.3) is 0 Å². The third kappa shape index (κ3) is 4.49. The van der Waals surface area contributed by atoms with Crippen molar-refractivity contribution in [3.63, 3.8) is 0 Å². The van der Waals surface area contributed by atoms with Crippen LogP contribution in [0.15, 0.2) is 11.1 Å². The SMILES string of the molecule is CC(C)CCC[C@H](C)[C@@H]1CC[C@]2(C)C3=C(CC[C@]12C)[C@]1(C)CC[C@H](O[C@@H]2CCCCO2)C(C)(C)[C@H]1CC3=O. The summed E-state index contributed by atoms with van der Waals surface area (Å²) in [6.45, 7) is 20.4. The van der Waals surface area contributed by atoms with Gasteiger partial charge in [0.2, 0.25) is 0 Å². The summed E-state index contributed by atoms with van der Waals surface area (Å²) in [5, 5.41) is 0. The lowest BCUT2D eigenvalue weighted by Crippen LogP contribution is -2.58. The highest BCUT2D eigenvalue weighted by Gasteiger charge is 2.65. The third-order valence-electron chi connectivity index (χ3n) is 13.1. The van der Waals surface area contributed by atoms with Crippen LogP contribution in [0.1, 0.15) is 139 Å². The molecule has 0 radical (unpaired) electrons. The van der Waals surface area contributed by atoms with Gasteiger partial charge in [0, 0.05) is 24.0 Å². The molecule has 0 unspecified atom stereocenters. The van der Waals surface area contributed by atoms with Crippen molar-refractivity contribution in [3.05, 3.63) is 11.1 Å². The van der Waals surface area contributed by atoms with Crippen molar-refractivity contribution in [2.75, 3.05) is 6.61 Å². The zero-order valence-electron chi connectivity index (χ0n) is 26.1. The first-order valence-corrected chi connectivity index (χ1v) is 16.4. The van der Waals surface area contributed by atoms with E-state index >= 15 is 0 Å². The molecule has 0 amide bonds. The van der Waals surface area contributed by atoms with Gasteiger partial charge in [-0.05, 0) is 97.7 Å². The monoisotopic (exact) mass is 526 g/mol. The van der Waals surface area contributed by atoms with Gasteiger partial charge < -0.3 is 9.47 Å². The van der Waals surface area contributed by atoms with E-state index in [9.17, 15) is 4.79 Å². The normalized spacial score (nSPS) is 43.6. The predicted octanol–water partition coefficient (Wildman–Crippen LogP) is 9.29. The molecule has 1 heterocycles. The molecular weight excluding hydrogens is 468 g/mol. The number of hydrogen-bond donors (Lipinski definition) is 0. The van der Waals surface area contributed by atoms with Gasteiger partial charge in [-0.1, -0.05) is 80.2 Å². The van der Waals surface area contributed by atoms with Gasteiger partial charge in [-0.25, -0.2) is 0 Å². The Morgan fingerprint density at radius 3 is 2.39 bits per heavy atom. The number of carbonyl (C=O) groups excluding carboxylic acids is 1. The Balaban J connectivity index is 1.41. The van der Waals surface area contributed by atoms with E-state index in [1.165, 1.54) is 50.5 Å². The Bertz CT molecular complexity index is 925. The molecule has 216 valence electrons. The maximum Gasteiger partial charge on any atom is 0.159 e. The number of hydrogen-bond acceptors (Lipinski definition) is 3. The molecule has 1 aliphatic heterocycles. The maximum absolute atomic E-state index is 14.3. The third-order valence-corrected chi connectivity index (χ3v) is 13.1. The lowest BCUT2D eigenvalue weighted by molar-refractivity contribution is -0.233. The van der Waals surface area contributed by atoms with E-state index in [0.29, 0.717) is 18.1 Å². The summed E-state index contributed by atoms with van der Waals surface area (Å²) < 4.78 is 12.6. The first kappa shape index (κ1) is 28.8. The average molecular weight is 527 g/mol. The van der Waals surface area contributed by atoms with Crippen molar-refractivity contribution < 1.29 is 14.3 Å². The van der Waals surface area contributed by atoms with Crippen LogP contribution >= 0.6 is 0 Å². The van der Waals surface area contributed by atoms with E-state index in [-0.39, 0.29) is 34.1 Å². The van der Waals surface area contributed by atoms with Crippen LogP contribution in [0.4, 0.5) is 0 Å². The summed E-state index contributed by atoms with van der Waals surface area (Å²) in [6.07, 6.45) is 15.3. The van der Waals surface area contributed by atoms with Gasteiger partial charge in [0.1, 0.15) is 0 Å². The molecule has 5 aliphatic rings. The van der Waals surface area contributed by atoms with Gasteiger partial charge in [-0.3, -0.25) is 4.79 Å². The Hall–Kier alpha value is -0.670. The first-order chi connectivity index (χ1) is 17.8. The molecule has 4 aliphatic carbocycles. The van der Waals surface area contributed by atoms with Crippen molar-refractivity contribution >= 4 is 5.78 Å². The molecule has 5 rings (SSSR count). The molecule has 0 aromatic heterocycles. The topological polar surface area (TPSA) is 35.5 Å². The molecule has 8 atom stereocenters. The van der Waals surface area contributed by atoms with E-state index in [2.05, 4.69) is 55.4 Å². The van der Waals surface area contributed by atoms with Gasteiger partial charge >= 0.3 is 0 Å². The van der Waals surface area contributed by atoms with E-state index < -0.39 is 0 Å². The predicted molar refractivity (Wildman–Crippen MR) is 156 cm³/mol. The minimum Gasteiger partial charge on any atom is -0.353 e. The number of fused-ring (bicyclic) bond motifs is 4. The molecule has 0 spiro atoms. The second kappa shape index (κ2) is 10.3. The van der Waals surface area contributed by atoms with Gasteiger partial charge in [-0.15, -0.1) is 0 Å². The second-order valence-electron chi connectivity index (χ2n) is 15.9. The number of ether oxygens (including phenoxy) is 2. The van der Waals surface area contributed by atoms with E-state index in [0.717, 1.165) is 56.5 Å². The number of Topliss-reactive ketones (excluding diaryl/α,β-unsaturated/α-hetero) is 1. The molecule has 3 fully saturated rings. The number of ketones is 1. The van der Waals surface area contributed by atoms with E-state index in [1.807, 2.05) is 0 Å². The van der Waals surface area contributed by atoms with E-state index in [4.69, 9.17) is 9.47 Å². The standard InChI is InChI=1S/C35H58O3/c1-23(2)12-11-13-24(3)25-15-20-35(8)31-26(16-19-34(25,35)7)33(6)18-17-29(38-30-14-9-10-21-37-30)32(4,5)28(33)22-27(31)36/h23-25,28-30H,9-22H2,1-8H3/t24-,25-,28+,29-,30+,33-,34+,35+/m0/s1. The van der Waals surface area contributed by atoms with Crippen LogP contribution in [0.3, 0.4) is 0 Å². The minimum absolute atomic E-state index is 0.0349.